The zero-order chi connectivity index (χ0) is 23.4. The van der Waals surface area contributed by atoms with Crippen LogP contribution in [-0.2, 0) is 16.0 Å². The predicted molar refractivity (Wildman–Crippen MR) is 132 cm³/mol. The van der Waals surface area contributed by atoms with Crippen molar-refractivity contribution < 1.29 is 9.59 Å². The van der Waals surface area contributed by atoms with Gasteiger partial charge in [0, 0.05) is 26.2 Å². The molecule has 33 heavy (non-hydrogen) atoms. The van der Waals surface area contributed by atoms with Gasteiger partial charge in [0.15, 0.2) is 0 Å². The Kier molecular flexibility index (Phi) is 7.14. The highest BCUT2D eigenvalue weighted by Crippen LogP contribution is 2.19. The van der Waals surface area contributed by atoms with Gasteiger partial charge >= 0.3 is 0 Å². The Morgan fingerprint density at radius 3 is 2.39 bits per heavy atom. The molecule has 4 rings (SSSR count). The van der Waals surface area contributed by atoms with Crippen molar-refractivity contribution in [3.63, 3.8) is 0 Å². The molecule has 6 nitrogen and oxygen atoms in total. The Morgan fingerprint density at radius 1 is 0.970 bits per heavy atom. The summed E-state index contributed by atoms with van der Waals surface area (Å²) in [5.74, 6) is 0.638. The monoisotopic (exact) mass is 464 g/mol. The summed E-state index contributed by atoms with van der Waals surface area (Å²) in [6.07, 6.45) is 0.246. The molecule has 1 N–H and O–H groups in total. The highest BCUT2D eigenvalue weighted by atomic mass is 35.5. The molecule has 1 unspecified atom stereocenters. The van der Waals surface area contributed by atoms with Gasteiger partial charge in [-0.05, 0) is 34.4 Å². The van der Waals surface area contributed by atoms with Gasteiger partial charge in [-0.15, -0.1) is 0 Å². The summed E-state index contributed by atoms with van der Waals surface area (Å²) in [5.41, 5.74) is 0.934. The van der Waals surface area contributed by atoms with Gasteiger partial charge in [-0.1, -0.05) is 74.0 Å². The number of halogens is 1. The van der Waals surface area contributed by atoms with Crippen LogP contribution in [0.5, 0.6) is 0 Å². The molecule has 0 spiro atoms. The number of carbonyl (C=O) groups is 2. The number of anilines is 1. The van der Waals surface area contributed by atoms with Crippen molar-refractivity contribution in [2.75, 3.05) is 31.1 Å². The van der Waals surface area contributed by atoms with Gasteiger partial charge in [-0.2, -0.15) is 0 Å². The molecular formula is C26H29ClN4O2. The molecule has 172 valence electrons. The van der Waals surface area contributed by atoms with Crippen molar-refractivity contribution in [2.45, 2.75) is 26.3 Å². The molecule has 3 aromatic rings. The van der Waals surface area contributed by atoms with E-state index in [1.165, 1.54) is 0 Å². The van der Waals surface area contributed by atoms with Crippen molar-refractivity contribution in [3.05, 3.63) is 71.4 Å². The maximum Gasteiger partial charge on any atom is 0.245 e. The van der Waals surface area contributed by atoms with Crippen LogP contribution in [0.1, 0.15) is 19.4 Å². The number of rotatable bonds is 6. The Hall–Kier alpha value is -3.12. The first-order valence-electron chi connectivity index (χ1n) is 11.3. The molecule has 0 aliphatic carbocycles. The van der Waals surface area contributed by atoms with E-state index >= 15 is 0 Å². The van der Waals surface area contributed by atoms with Gasteiger partial charge < -0.3 is 15.1 Å². The summed E-state index contributed by atoms with van der Waals surface area (Å²) in [7, 11) is 0. The number of benzene rings is 2. The van der Waals surface area contributed by atoms with Crippen LogP contribution in [-0.4, -0.2) is 53.9 Å². The smallest absolute Gasteiger partial charge is 0.245 e. The lowest BCUT2D eigenvalue weighted by Gasteiger charge is -2.37. The first kappa shape index (κ1) is 23.1. The second-order valence-corrected chi connectivity index (χ2v) is 9.17. The summed E-state index contributed by atoms with van der Waals surface area (Å²) in [6.45, 7) is 6.44. The SMILES string of the molecule is CC(C)C(NC(=O)Cc1ccc2ccccc2c1)C(=O)N1CCN(c2cccc(Cl)n2)CC1. The highest BCUT2D eigenvalue weighted by Gasteiger charge is 2.31. The van der Waals surface area contributed by atoms with Crippen LogP contribution in [0, 0.1) is 5.92 Å². The van der Waals surface area contributed by atoms with E-state index < -0.39 is 6.04 Å². The molecule has 1 aliphatic rings. The van der Waals surface area contributed by atoms with E-state index in [4.69, 9.17) is 11.6 Å². The molecular weight excluding hydrogens is 436 g/mol. The van der Waals surface area contributed by atoms with Crippen LogP contribution < -0.4 is 10.2 Å². The summed E-state index contributed by atoms with van der Waals surface area (Å²) in [5, 5.41) is 5.69. The minimum absolute atomic E-state index is 0.00863. The first-order valence-corrected chi connectivity index (χ1v) is 11.7. The van der Waals surface area contributed by atoms with Gasteiger partial charge in [0.25, 0.3) is 0 Å². The first-order chi connectivity index (χ1) is 15.9. The molecule has 0 bridgehead atoms. The average molecular weight is 465 g/mol. The third-order valence-electron chi connectivity index (χ3n) is 6.04. The van der Waals surface area contributed by atoms with E-state index in [-0.39, 0.29) is 24.2 Å². The molecule has 2 heterocycles. The third-order valence-corrected chi connectivity index (χ3v) is 6.25. The van der Waals surface area contributed by atoms with E-state index in [9.17, 15) is 9.59 Å². The van der Waals surface area contributed by atoms with Crippen molar-refractivity contribution in [1.29, 1.82) is 0 Å². The van der Waals surface area contributed by atoms with Crippen LogP contribution in [0.2, 0.25) is 5.15 Å². The lowest BCUT2D eigenvalue weighted by atomic mass is 10.0. The number of pyridine rings is 1. The minimum Gasteiger partial charge on any atom is -0.353 e. The van der Waals surface area contributed by atoms with Gasteiger partial charge in [0.1, 0.15) is 17.0 Å². The lowest BCUT2D eigenvalue weighted by molar-refractivity contribution is -0.137. The predicted octanol–water partition coefficient (Wildman–Crippen LogP) is 3.92. The molecule has 1 fully saturated rings. The Balaban J connectivity index is 1.36. The number of hydrogen-bond donors (Lipinski definition) is 1. The van der Waals surface area contributed by atoms with E-state index in [0.717, 1.165) is 22.2 Å². The van der Waals surface area contributed by atoms with Crippen LogP contribution >= 0.6 is 11.6 Å². The zero-order valence-electron chi connectivity index (χ0n) is 19.0. The number of fused-ring (bicyclic) bond motifs is 1. The van der Waals surface area contributed by atoms with E-state index in [1.54, 1.807) is 6.07 Å². The van der Waals surface area contributed by atoms with Crippen molar-refractivity contribution in [2.24, 2.45) is 5.92 Å². The average Bonchev–Trinajstić information content (AvgIpc) is 2.82. The summed E-state index contributed by atoms with van der Waals surface area (Å²) in [6, 6.07) is 19.1. The summed E-state index contributed by atoms with van der Waals surface area (Å²) >= 11 is 6.01. The summed E-state index contributed by atoms with van der Waals surface area (Å²) < 4.78 is 0. The normalized spacial score (nSPS) is 15.0. The van der Waals surface area contributed by atoms with E-state index in [2.05, 4.69) is 21.3 Å². The second-order valence-electron chi connectivity index (χ2n) is 8.78. The van der Waals surface area contributed by atoms with E-state index in [1.807, 2.05) is 67.3 Å². The number of aromatic nitrogens is 1. The number of nitrogens with zero attached hydrogens (tertiary/aromatic N) is 3. The van der Waals surface area contributed by atoms with Crippen molar-refractivity contribution >= 4 is 40.0 Å². The molecule has 0 radical (unpaired) electrons. The third kappa shape index (κ3) is 5.63. The van der Waals surface area contributed by atoms with Crippen LogP contribution in [0.4, 0.5) is 5.82 Å². The number of amides is 2. The number of piperazine rings is 1. The number of hydrogen-bond acceptors (Lipinski definition) is 4. The fraction of sp³-hybridized carbons (Fsp3) is 0.346. The minimum atomic E-state index is -0.547. The largest absolute Gasteiger partial charge is 0.353 e. The lowest BCUT2D eigenvalue weighted by Crippen LogP contribution is -2.56. The van der Waals surface area contributed by atoms with Crippen LogP contribution in [0.15, 0.2) is 60.7 Å². The van der Waals surface area contributed by atoms with Crippen LogP contribution in [0.3, 0.4) is 0 Å². The highest BCUT2D eigenvalue weighted by molar-refractivity contribution is 6.29. The molecule has 2 amide bonds. The molecule has 0 saturated carbocycles. The second kappa shape index (κ2) is 10.2. The molecule has 1 saturated heterocycles. The zero-order valence-corrected chi connectivity index (χ0v) is 19.8. The molecule has 7 heteroatoms. The molecule has 1 aromatic heterocycles. The topological polar surface area (TPSA) is 65.5 Å². The van der Waals surface area contributed by atoms with Crippen molar-refractivity contribution in [3.8, 4) is 0 Å². The van der Waals surface area contributed by atoms with Gasteiger partial charge in [0.2, 0.25) is 11.8 Å². The number of nitrogens with one attached hydrogen (secondary N) is 1. The standard InChI is InChI=1S/C26H29ClN4O2/c1-18(2)25(29-24(32)17-19-10-11-20-6-3-4-7-21(20)16-19)26(33)31-14-12-30(13-15-31)23-9-5-8-22(27)28-23/h3-11,16,18,25H,12-15,17H2,1-2H3,(H,29,32). The Morgan fingerprint density at radius 2 is 1.70 bits per heavy atom. The fourth-order valence-corrected chi connectivity index (χ4v) is 4.36. The Labute approximate surface area is 199 Å². The number of carbonyl (C=O) groups excluding carboxylic acids is 2. The summed E-state index contributed by atoms with van der Waals surface area (Å²) in [4.78, 5) is 34.4. The molecule has 2 aromatic carbocycles. The maximum absolute atomic E-state index is 13.3. The quantitative estimate of drug-likeness (QED) is 0.561. The Bertz CT molecular complexity index is 1140. The molecule has 1 atom stereocenters. The van der Waals surface area contributed by atoms with Gasteiger partial charge in [-0.3, -0.25) is 9.59 Å². The van der Waals surface area contributed by atoms with Crippen molar-refractivity contribution in [1.82, 2.24) is 15.2 Å². The molecule has 1 aliphatic heterocycles. The van der Waals surface area contributed by atoms with E-state index in [0.29, 0.717) is 31.3 Å². The fourth-order valence-electron chi connectivity index (χ4n) is 4.20. The maximum atomic E-state index is 13.3. The van der Waals surface area contributed by atoms with Gasteiger partial charge in [0.05, 0.1) is 6.42 Å². The van der Waals surface area contributed by atoms with Gasteiger partial charge in [-0.25, -0.2) is 4.98 Å². The van der Waals surface area contributed by atoms with Crippen LogP contribution in [0.25, 0.3) is 10.8 Å².